The Balaban J connectivity index is 1.71. The van der Waals surface area contributed by atoms with E-state index in [1.807, 2.05) is 13.0 Å². The fraction of sp³-hybridized carbons (Fsp3) is 0.692. The molecular weight excluding hydrogens is 242 g/mol. The molecule has 1 aliphatic carbocycles. The average molecular weight is 263 g/mol. The van der Waals surface area contributed by atoms with Crippen molar-refractivity contribution in [2.45, 2.75) is 38.3 Å². The maximum Gasteiger partial charge on any atom is 0.223 e. The molecule has 19 heavy (non-hydrogen) atoms. The summed E-state index contributed by atoms with van der Waals surface area (Å²) >= 11 is 0. The average Bonchev–Trinajstić information content (AvgIpc) is 3.10. The van der Waals surface area contributed by atoms with Crippen LogP contribution in [-0.2, 0) is 4.74 Å². The first-order valence-corrected chi connectivity index (χ1v) is 7.03. The standard InChI is InChI=1S/C13H21N5O/c1-2-15-10-7-11(18-13(14)17-10)16-9-5-6-19-12(9)8-3-4-8/h7-9,12H,2-6H2,1H3,(H4,14,15,16,17,18). The minimum Gasteiger partial charge on any atom is -0.376 e. The zero-order valence-electron chi connectivity index (χ0n) is 11.2. The van der Waals surface area contributed by atoms with E-state index in [2.05, 4.69) is 20.6 Å². The molecule has 0 aromatic carbocycles. The van der Waals surface area contributed by atoms with Gasteiger partial charge in [-0.1, -0.05) is 0 Å². The highest BCUT2D eigenvalue weighted by molar-refractivity contribution is 5.51. The van der Waals surface area contributed by atoms with Gasteiger partial charge >= 0.3 is 0 Å². The summed E-state index contributed by atoms with van der Waals surface area (Å²) < 4.78 is 5.82. The van der Waals surface area contributed by atoms with E-state index in [0.29, 0.717) is 18.1 Å². The monoisotopic (exact) mass is 263 g/mol. The third-order valence-corrected chi connectivity index (χ3v) is 3.66. The van der Waals surface area contributed by atoms with Gasteiger partial charge in [0, 0.05) is 19.2 Å². The van der Waals surface area contributed by atoms with Crippen LogP contribution in [0.3, 0.4) is 0 Å². The second-order valence-electron chi connectivity index (χ2n) is 5.24. The van der Waals surface area contributed by atoms with E-state index in [0.717, 1.165) is 37.1 Å². The fourth-order valence-electron chi connectivity index (χ4n) is 2.66. The second-order valence-corrected chi connectivity index (χ2v) is 5.24. The molecule has 0 spiro atoms. The van der Waals surface area contributed by atoms with Gasteiger partial charge in [-0.05, 0) is 32.1 Å². The summed E-state index contributed by atoms with van der Waals surface area (Å²) in [6.45, 7) is 3.67. The van der Waals surface area contributed by atoms with Crippen LogP contribution in [0.2, 0.25) is 0 Å². The third-order valence-electron chi connectivity index (χ3n) is 3.66. The van der Waals surface area contributed by atoms with Gasteiger partial charge in [0.2, 0.25) is 5.95 Å². The molecule has 2 fully saturated rings. The van der Waals surface area contributed by atoms with Crippen molar-refractivity contribution in [2.75, 3.05) is 29.5 Å². The first kappa shape index (κ1) is 12.5. The zero-order valence-corrected chi connectivity index (χ0v) is 11.2. The molecule has 6 nitrogen and oxygen atoms in total. The number of nitrogens with one attached hydrogen (secondary N) is 2. The molecule has 0 bridgehead atoms. The van der Waals surface area contributed by atoms with Gasteiger partial charge in [0.25, 0.3) is 0 Å². The van der Waals surface area contributed by atoms with Gasteiger partial charge < -0.3 is 21.1 Å². The van der Waals surface area contributed by atoms with Crippen molar-refractivity contribution >= 4 is 17.6 Å². The Morgan fingerprint density at radius 1 is 1.32 bits per heavy atom. The number of aromatic nitrogens is 2. The first-order chi connectivity index (χ1) is 9.26. The van der Waals surface area contributed by atoms with E-state index in [1.54, 1.807) is 0 Å². The van der Waals surface area contributed by atoms with Gasteiger partial charge in [-0.15, -0.1) is 0 Å². The van der Waals surface area contributed by atoms with Crippen molar-refractivity contribution < 1.29 is 4.74 Å². The molecule has 104 valence electrons. The molecule has 0 amide bonds. The number of rotatable bonds is 5. The van der Waals surface area contributed by atoms with Crippen molar-refractivity contribution in [1.29, 1.82) is 0 Å². The number of nitrogen functional groups attached to an aromatic ring is 1. The quantitative estimate of drug-likeness (QED) is 0.746. The summed E-state index contributed by atoms with van der Waals surface area (Å²) in [7, 11) is 0. The summed E-state index contributed by atoms with van der Waals surface area (Å²) in [6.07, 6.45) is 3.94. The van der Waals surface area contributed by atoms with Crippen LogP contribution in [0.4, 0.5) is 17.6 Å². The van der Waals surface area contributed by atoms with Crippen molar-refractivity contribution in [1.82, 2.24) is 9.97 Å². The van der Waals surface area contributed by atoms with E-state index >= 15 is 0 Å². The van der Waals surface area contributed by atoms with Crippen LogP contribution in [0.15, 0.2) is 6.07 Å². The third kappa shape index (κ3) is 2.89. The van der Waals surface area contributed by atoms with Gasteiger partial charge in [-0.3, -0.25) is 0 Å². The molecule has 0 radical (unpaired) electrons. The Hall–Kier alpha value is -1.56. The van der Waals surface area contributed by atoms with Crippen molar-refractivity contribution in [3.63, 3.8) is 0 Å². The van der Waals surface area contributed by atoms with E-state index < -0.39 is 0 Å². The number of anilines is 3. The van der Waals surface area contributed by atoms with Gasteiger partial charge in [0.1, 0.15) is 11.6 Å². The largest absolute Gasteiger partial charge is 0.376 e. The van der Waals surface area contributed by atoms with Crippen molar-refractivity contribution in [3.8, 4) is 0 Å². The fourth-order valence-corrected chi connectivity index (χ4v) is 2.66. The van der Waals surface area contributed by atoms with Gasteiger partial charge in [0.15, 0.2) is 0 Å². The summed E-state index contributed by atoms with van der Waals surface area (Å²) in [5.74, 6) is 2.57. The molecule has 1 saturated heterocycles. The van der Waals surface area contributed by atoms with Crippen LogP contribution in [0, 0.1) is 5.92 Å². The SMILES string of the molecule is CCNc1cc(NC2CCOC2C2CC2)nc(N)n1. The van der Waals surface area contributed by atoms with Crippen LogP contribution >= 0.6 is 0 Å². The van der Waals surface area contributed by atoms with E-state index in [9.17, 15) is 0 Å². The smallest absolute Gasteiger partial charge is 0.223 e. The zero-order chi connectivity index (χ0) is 13.2. The molecule has 6 heteroatoms. The molecule has 2 unspecified atom stereocenters. The normalized spacial score (nSPS) is 26.4. The lowest BCUT2D eigenvalue weighted by Gasteiger charge is -2.20. The van der Waals surface area contributed by atoms with Gasteiger partial charge in [-0.2, -0.15) is 9.97 Å². The molecule has 1 aromatic rings. The Kier molecular flexibility index (Phi) is 3.42. The highest BCUT2D eigenvalue weighted by Crippen LogP contribution is 2.39. The number of hydrogen-bond acceptors (Lipinski definition) is 6. The van der Waals surface area contributed by atoms with Crippen LogP contribution in [0.1, 0.15) is 26.2 Å². The Morgan fingerprint density at radius 3 is 2.84 bits per heavy atom. The Labute approximate surface area is 113 Å². The van der Waals surface area contributed by atoms with Crippen LogP contribution < -0.4 is 16.4 Å². The van der Waals surface area contributed by atoms with Gasteiger partial charge in [-0.25, -0.2) is 0 Å². The van der Waals surface area contributed by atoms with E-state index in [-0.39, 0.29) is 0 Å². The number of ether oxygens (including phenoxy) is 1. The molecular formula is C13H21N5O. The molecule has 2 aliphatic rings. The molecule has 4 N–H and O–H groups in total. The summed E-state index contributed by atoms with van der Waals surface area (Å²) in [6, 6.07) is 2.25. The second kappa shape index (κ2) is 5.21. The Morgan fingerprint density at radius 2 is 2.11 bits per heavy atom. The van der Waals surface area contributed by atoms with Crippen LogP contribution in [0.5, 0.6) is 0 Å². The molecule has 1 aliphatic heterocycles. The van der Waals surface area contributed by atoms with Crippen LogP contribution in [0.25, 0.3) is 0 Å². The molecule has 3 rings (SSSR count). The van der Waals surface area contributed by atoms with Crippen molar-refractivity contribution in [2.24, 2.45) is 5.92 Å². The maximum atomic E-state index is 5.82. The summed E-state index contributed by atoms with van der Waals surface area (Å²) in [5.41, 5.74) is 5.74. The minimum atomic E-state index is 0.294. The predicted octanol–water partition coefficient (Wildman–Crippen LogP) is 1.47. The highest BCUT2D eigenvalue weighted by Gasteiger charge is 2.40. The van der Waals surface area contributed by atoms with Gasteiger partial charge in [0.05, 0.1) is 12.1 Å². The summed E-state index contributed by atoms with van der Waals surface area (Å²) in [4.78, 5) is 8.40. The lowest BCUT2D eigenvalue weighted by atomic mass is 10.1. The van der Waals surface area contributed by atoms with E-state index in [4.69, 9.17) is 10.5 Å². The lowest BCUT2D eigenvalue weighted by molar-refractivity contribution is 0.0898. The predicted molar refractivity (Wildman–Crippen MR) is 75.1 cm³/mol. The highest BCUT2D eigenvalue weighted by atomic mass is 16.5. The minimum absolute atomic E-state index is 0.294. The van der Waals surface area contributed by atoms with Crippen molar-refractivity contribution in [3.05, 3.63) is 6.07 Å². The van der Waals surface area contributed by atoms with Crippen LogP contribution in [-0.4, -0.2) is 35.3 Å². The number of nitrogens with zero attached hydrogens (tertiary/aromatic N) is 2. The maximum absolute atomic E-state index is 5.82. The first-order valence-electron chi connectivity index (χ1n) is 7.03. The lowest BCUT2D eigenvalue weighted by Crippen LogP contribution is -2.31. The van der Waals surface area contributed by atoms with E-state index in [1.165, 1.54) is 12.8 Å². The summed E-state index contributed by atoms with van der Waals surface area (Å²) in [5, 5.41) is 6.61. The molecule has 2 atom stereocenters. The topological polar surface area (TPSA) is 85.1 Å². The molecule has 1 aromatic heterocycles. The molecule has 2 heterocycles. The number of nitrogens with two attached hydrogens (primary N) is 1. The number of hydrogen-bond donors (Lipinski definition) is 3. The Bertz CT molecular complexity index is 449. The molecule has 1 saturated carbocycles.